The zero-order chi connectivity index (χ0) is 24.9. The molecule has 186 valence electrons. The second kappa shape index (κ2) is 11.1. The molecule has 1 aliphatic rings. The van der Waals surface area contributed by atoms with Crippen molar-refractivity contribution in [3.05, 3.63) is 71.9 Å². The second-order valence-electron chi connectivity index (χ2n) is 8.99. The van der Waals surface area contributed by atoms with Gasteiger partial charge in [0.2, 0.25) is 0 Å². The number of aromatic nitrogens is 1. The molecule has 0 radical (unpaired) electrons. The maximum Gasteiger partial charge on any atom is 0.196 e. The van der Waals surface area contributed by atoms with E-state index in [1.165, 1.54) is 32.4 Å². The van der Waals surface area contributed by atoms with Crippen molar-refractivity contribution >= 4 is 33.0 Å². The van der Waals surface area contributed by atoms with Crippen LogP contribution in [0.25, 0.3) is 20.5 Å². The minimum absolute atomic E-state index is 0.0374. The Balaban J connectivity index is 1.40. The second-order valence-corrected chi connectivity index (χ2v) is 10.0. The van der Waals surface area contributed by atoms with Crippen molar-refractivity contribution in [2.45, 2.75) is 19.3 Å². The van der Waals surface area contributed by atoms with Crippen LogP contribution in [-0.2, 0) is 0 Å². The van der Waals surface area contributed by atoms with Crippen LogP contribution in [0.2, 0.25) is 0 Å². The zero-order valence-corrected chi connectivity index (χ0v) is 21.6. The van der Waals surface area contributed by atoms with Crippen molar-refractivity contribution in [1.82, 2.24) is 9.88 Å². The standard InChI is InChI=1S/C29H31N3O3S/c1-34-22-9-6-20(7-10-22)29-27(24-12-11-23(35-2)18-25(24)36-29)28(33)21-8-13-26(31-19-21)30-14-17-32-15-4-3-5-16-32/h6-13,18-19H,3-5,14-17H2,1-2H3,(H,30,31). The Bertz CT molecular complexity index is 1330. The quantitative estimate of drug-likeness (QED) is 0.279. The monoisotopic (exact) mass is 501 g/mol. The molecule has 36 heavy (non-hydrogen) atoms. The first-order valence-electron chi connectivity index (χ1n) is 12.4. The van der Waals surface area contributed by atoms with Crippen LogP contribution >= 0.6 is 11.3 Å². The van der Waals surface area contributed by atoms with Gasteiger partial charge in [0, 0.05) is 45.4 Å². The maximum absolute atomic E-state index is 13.8. The van der Waals surface area contributed by atoms with Crippen LogP contribution in [0.1, 0.15) is 35.2 Å². The fourth-order valence-electron chi connectivity index (χ4n) is 4.68. The van der Waals surface area contributed by atoms with E-state index in [9.17, 15) is 4.79 Å². The number of nitrogens with one attached hydrogen (secondary N) is 1. The number of ether oxygens (including phenoxy) is 2. The van der Waals surface area contributed by atoms with Crippen LogP contribution in [0, 0.1) is 0 Å². The molecule has 0 amide bonds. The van der Waals surface area contributed by atoms with Crippen molar-refractivity contribution in [1.29, 1.82) is 0 Å². The maximum atomic E-state index is 13.8. The molecule has 1 fully saturated rings. The molecule has 1 saturated heterocycles. The molecular formula is C29H31N3O3S. The summed E-state index contributed by atoms with van der Waals surface area (Å²) in [6, 6.07) is 17.4. The van der Waals surface area contributed by atoms with E-state index in [4.69, 9.17) is 9.47 Å². The Labute approximate surface area is 215 Å². The number of piperidine rings is 1. The number of likely N-dealkylation sites (tertiary alicyclic amines) is 1. The molecule has 3 heterocycles. The first-order valence-corrected chi connectivity index (χ1v) is 13.2. The number of pyridine rings is 1. The zero-order valence-electron chi connectivity index (χ0n) is 20.8. The van der Waals surface area contributed by atoms with Crippen LogP contribution in [0.3, 0.4) is 0 Å². The van der Waals surface area contributed by atoms with Crippen LogP contribution in [0.5, 0.6) is 11.5 Å². The molecule has 4 aromatic rings. The molecule has 0 aliphatic carbocycles. The van der Waals surface area contributed by atoms with Gasteiger partial charge in [0.1, 0.15) is 17.3 Å². The summed E-state index contributed by atoms with van der Waals surface area (Å²) in [4.78, 5) is 21.8. The van der Waals surface area contributed by atoms with E-state index in [1.807, 2.05) is 54.6 Å². The molecule has 6 nitrogen and oxygen atoms in total. The number of anilines is 1. The van der Waals surface area contributed by atoms with Gasteiger partial charge in [-0.25, -0.2) is 4.98 Å². The summed E-state index contributed by atoms with van der Waals surface area (Å²) in [5, 5.41) is 4.31. The lowest BCUT2D eigenvalue weighted by atomic mass is 9.98. The highest BCUT2D eigenvalue weighted by atomic mass is 32.1. The fraction of sp³-hybridized carbons (Fsp3) is 0.310. The van der Waals surface area contributed by atoms with Gasteiger partial charge in [0.15, 0.2) is 5.78 Å². The number of carbonyl (C=O) groups is 1. The minimum atomic E-state index is -0.0374. The number of methoxy groups -OCH3 is 2. The number of nitrogens with zero attached hydrogens (tertiary/aromatic N) is 2. The highest BCUT2D eigenvalue weighted by Crippen LogP contribution is 2.41. The van der Waals surface area contributed by atoms with Crippen molar-refractivity contribution in [2.24, 2.45) is 0 Å². The first kappa shape index (κ1) is 24.3. The van der Waals surface area contributed by atoms with Crippen molar-refractivity contribution in [3.8, 4) is 21.9 Å². The van der Waals surface area contributed by atoms with Gasteiger partial charge < -0.3 is 19.7 Å². The lowest BCUT2D eigenvalue weighted by Crippen LogP contribution is -2.33. The summed E-state index contributed by atoms with van der Waals surface area (Å²) in [5.74, 6) is 2.30. The highest BCUT2D eigenvalue weighted by molar-refractivity contribution is 7.22. The normalized spacial score (nSPS) is 14.1. The molecule has 1 N–H and O–H groups in total. The average Bonchev–Trinajstić information content (AvgIpc) is 3.32. The van der Waals surface area contributed by atoms with Crippen LogP contribution in [0.4, 0.5) is 5.82 Å². The summed E-state index contributed by atoms with van der Waals surface area (Å²) in [6.07, 6.45) is 5.60. The first-order chi connectivity index (χ1) is 17.7. The summed E-state index contributed by atoms with van der Waals surface area (Å²) in [5.41, 5.74) is 2.24. The Hall–Kier alpha value is -3.42. The number of carbonyl (C=O) groups excluding carboxylic acids is 1. The third-order valence-corrected chi connectivity index (χ3v) is 7.89. The predicted octanol–water partition coefficient (Wildman–Crippen LogP) is 6.11. The number of rotatable bonds is 9. The molecule has 1 aliphatic heterocycles. The number of thiophene rings is 1. The molecule has 5 rings (SSSR count). The number of hydrogen-bond donors (Lipinski definition) is 1. The lowest BCUT2D eigenvalue weighted by molar-refractivity contribution is 0.104. The van der Waals surface area contributed by atoms with Gasteiger partial charge in [0.25, 0.3) is 0 Å². The van der Waals surface area contributed by atoms with Gasteiger partial charge in [0.05, 0.1) is 14.2 Å². The largest absolute Gasteiger partial charge is 0.497 e. The lowest BCUT2D eigenvalue weighted by Gasteiger charge is -2.26. The molecule has 7 heteroatoms. The van der Waals surface area contributed by atoms with Crippen LogP contribution in [-0.4, -0.2) is 56.1 Å². The third kappa shape index (κ3) is 5.22. The summed E-state index contributed by atoms with van der Waals surface area (Å²) in [6.45, 7) is 4.22. The molecule has 0 unspecified atom stereocenters. The molecule has 0 bridgehead atoms. The Kier molecular flexibility index (Phi) is 7.49. The van der Waals surface area contributed by atoms with Gasteiger partial charge in [-0.1, -0.05) is 6.42 Å². The topological polar surface area (TPSA) is 63.7 Å². The molecular weight excluding hydrogens is 470 g/mol. The van der Waals surface area contributed by atoms with Gasteiger partial charge in [-0.15, -0.1) is 11.3 Å². The van der Waals surface area contributed by atoms with Crippen molar-refractivity contribution < 1.29 is 14.3 Å². The van der Waals surface area contributed by atoms with Crippen molar-refractivity contribution in [3.63, 3.8) is 0 Å². The minimum Gasteiger partial charge on any atom is -0.497 e. The summed E-state index contributed by atoms with van der Waals surface area (Å²) >= 11 is 1.59. The average molecular weight is 502 g/mol. The van der Waals surface area contributed by atoms with E-state index < -0.39 is 0 Å². The summed E-state index contributed by atoms with van der Waals surface area (Å²) in [7, 11) is 3.30. The highest BCUT2D eigenvalue weighted by Gasteiger charge is 2.22. The fourth-order valence-corrected chi connectivity index (χ4v) is 5.91. The van der Waals surface area contributed by atoms with Gasteiger partial charge in [-0.05, 0) is 86.1 Å². The summed E-state index contributed by atoms with van der Waals surface area (Å²) < 4.78 is 11.7. The van der Waals surface area contributed by atoms with E-state index in [1.54, 1.807) is 31.8 Å². The van der Waals surface area contributed by atoms with Crippen molar-refractivity contribution in [2.75, 3.05) is 45.7 Å². The van der Waals surface area contributed by atoms with Crippen LogP contribution < -0.4 is 14.8 Å². The van der Waals surface area contributed by atoms with E-state index in [2.05, 4.69) is 15.2 Å². The van der Waals surface area contributed by atoms with E-state index >= 15 is 0 Å². The molecule has 0 saturated carbocycles. The smallest absolute Gasteiger partial charge is 0.196 e. The number of benzene rings is 2. The Morgan fingerprint density at radius 3 is 2.42 bits per heavy atom. The Morgan fingerprint density at radius 1 is 0.972 bits per heavy atom. The van der Waals surface area contributed by atoms with E-state index in [-0.39, 0.29) is 5.78 Å². The number of ketones is 1. The SMILES string of the molecule is COc1ccc(-c2sc3cc(OC)ccc3c2C(=O)c2ccc(NCCN3CCCCC3)nc2)cc1. The molecule has 2 aromatic carbocycles. The molecule has 0 atom stereocenters. The third-order valence-electron chi connectivity index (χ3n) is 6.68. The van der Waals surface area contributed by atoms with Gasteiger partial charge in [-0.3, -0.25) is 4.79 Å². The number of fused-ring (bicyclic) bond motifs is 1. The molecule has 0 spiro atoms. The van der Waals surface area contributed by atoms with Gasteiger partial charge in [-0.2, -0.15) is 0 Å². The van der Waals surface area contributed by atoms with Crippen LogP contribution in [0.15, 0.2) is 60.8 Å². The predicted molar refractivity (Wildman–Crippen MR) is 147 cm³/mol. The number of hydrogen-bond acceptors (Lipinski definition) is 7. The van der Waals surface area contributed by atoms with E-state index in [0.29, 0.717) is 11.1 Å². The molecule has 2 aromatic heterocycles. The van der Waals surface area contributed by atoms with E-state index in [0.717, 1.165) is 50.9 Å². The Morgan fingerprint density at radius 2 is 1.72 bits per heavy atom. The van der Waals surface area contributed by atoms with Gasteiger partial charge >= 0.3 is 0 Å².